The molecule has 3 rings (SSSR count). The molecule has 6 heteroatoms. The minimum absolute atomic E-state index is 0.289. The molecule has 24 heavy (non-hydrogen) atoms. The molecule has 0 unspecified atom stereocenters. The van der Waals surface area contributed by atoms with E-state index in [2.05, 4.69) is 0 Å². The topological polar surface area (TPSA) is 76.1 Å². The van der Waals surface area contributed by atoms with Gasteiger partial charge in [0.05, 0.1) is 7.41 Å². The molecule has 3 heterocycles. The first kappa shape index (κ1) is 9.73. The molecule has 2 saturated heterocycles. The number of hydrogen-bond acceptors (Lipinski definition) is 6. The monoisotopic (exact) mass is 343 g/mol. The maximum Gasteiger partial charge on any atom is 0.338 e. The SMILES string of the molecule is [2H]/C(=C1\C[C@@]([2H])(C([2H])([2H])[2H])[C@@](C)(O)C(=O)OCC2=CCN3CC[C@@H](OC1=O)[C@@H]23)C([2H])([2H])[2H]. The Morgan fingerprint density at radius 2 is 2.42 bits per heavy atom. The smallest absolute Gasteiger partial charge is 0.338 e. The Kier molecular flexibility index (Phi) is 2.57. The summed E-state index contributed by atoms with van der Waals surface area (Å²) in [6.07, 6.45) is 0.206. The summed E-state index contributed by atoms with van der Waals surface area (Å²) >= 11 is 0. The van der Waals surface area contributed by atoms with E-state index in [0.717, 1.165) is 6.92 Å². The van der Waals surface area contributed by atoms with Crippen molar-refractivity contribution < 1.29 is 35.1 Å². The largest absolute Gasteiger partial charge is 0.459 e. The van der Waals surface area contributed by atoms with Crippen molar-refractivity contribution in [2.45, 2.75) is 51.2 Å². The van der Waals surface area contributed by atoms with E-state index in [9.17, 15) is 14.7 Å². The second-order valence-corrected chi connectivity index (χ2v) is 6.36. The molecule has 1 N–H and O–H groups in total. The molecule has 0 bridgehead atoms. The van der Waals surface area contributed by atoms with E-state index in [0.29, 0.717) is 25.1 Å². The molecule has 0 amide bonds. The fourth-order valence-corrected chi connectivity index (χ4v) is 3.26. The van der Waals surface area contributed by atoms with Crippen LogP contribution in [0.1, 0.15) is 44.4 Å². The molecule has 0 aromatic rings. The lowest BCUT2D eigenvalue weighted by molar-refractivity contribution is -0.169. The fraction of sp³-hybridized carbons (Fsp3) is 0.667. The number of nitrogens with zero attached hydrogens (tertiary/aromatic N) is 1. The molecular weight excluding hydrogens is 310 g/mol. The van der Waals surface area contributed by atoms with Gasteiger partial charge in [-0.25, -0.2) is 9.59 Å². The fourth-order valence-electron chi connectivity index (χ4n) is 3.26. The second-order valence-electron chi connectivity index (χ2n) is 6.36. The highest BCUT2D eigenvalue weighted by molar-refractivity contribution is 5.89. The Morgan fingerprint density at radius 3 is 3.17 bits per heavy atom. The molecule has 6 nitrogen and oxygen atoms in total. The average Bonchev–Trinajstić information content (AvgIpc) is 3.23. The summed E-state index contributed by atoms with van der Waals surface area (Å²) in [6.45, 7) is -4.94. The Balaban J connectivity index is 2.18. The highest BCUT2D eigenvalue weighted by Gasteiger charge is 2.45. The molecule has 2 fully saturated rings. The van der Waals surface area contributed by atoms with Gasteiger partial charge in [0.2, 0.25) is 0 Å². The lowest BCUT2D eigenvalue weighted by Gasteiger charge is -2.31. The third-order valence-electron chi connectivity index (χ3n) is 4.78. The number of ether oxygens (including phenoxy) is 2. The maximum atomic E-state index is 13.0. The van der Waals surface area contributed by atoms with E-state index in [4.69, 9.17) is 20.4 Å². The van der Waals surface area contributed by atoms with Gasteiger partial charge in [0.15, 0.2) is 5.60 Å². The zero-order chi connectivity index (χ0) is 24.3. The highest BCUT2D eigenvalue weighted by atomic mass is 16.6. The van der Waals surface area contributed by atoms with Gasteiger partial charge in [-0.3, -0.25) is 4.90 Å². The molecule has 132 valence electrons. The normalized spacial score (nSPS) is 49.0. The van der Waals surface area contributed by atoms with Crippen LogP contribution in [-0.4, -0.2) is 59.4 Å². The van der Waals surface area contributed by atoms with E-state index in [-0.39, 0.29) is 6.61 Å². The summed E-state index contributed by atoms with van der Waals surface area (Å²) in [6, 6.07) is -1.63. The van der Waals surface area contributed by atoms with Crippen LogP contribution in [-0.2, 0) is 19.1 Å². The van der Waals surface area contributed by atoms with Gasteiger partial charge >= 0.3 is 11.9 Å². The maximum absolute atomic E-state index is 13.0. The lowest BCUT2D eigenvalue weighted by atomic mass is 9.85. The first-order valence-electron chi connectivity index (χ1n) is 11.7. The molecule has 0 aromatic heterocycles. The predicted molar refractivity (Wildman–Crippen MR) is 87.1 cm³/mol. The lowest BCUT2D eigenvalue weighted by Crippen LogP contribution is -2.45. The standard InChI is InChI=1S/C18H25NO5/c1-4-12-9-11(2)18(3,22)17(21)23-10-13-5-7-19-8-6-14(15(13)19)24-16(12)20/h4-5,11,14-15,22H,6-10H2,1-3H3/b12-4-/t11-,14-,15-,18-/m1/s1/i1D3,2D3,4D,11D. The minimum Gasteiger partial charge on any atom is -0.459 e. The van der Waals surface area contributed by atoms with Gasteiger partial charge < -0.3 is 14.6 Å². The summed E-state index contributed by atoms with van der Waals surface area (Å²) in [5.41, 5.74) is -3.28. The van der Waals surface area contributed by atoms with E-state index in [1.165, 1.54) is 0 Å². The molecule has 3 aliphatic heterocycles. The van der Waals surface area contributed by atoms with Crippen LogP contribution in [0.4, 0.5) is 0 Å². The first-order valence-corrected chi connectivity index (χ1v) is 7.74. The molecule has 3 aliphatic rings. The van der Waals surface area contributed by atoms with E-state index in [1.54, 1.807) is 6.08 Å². The van der Waals surface area contributed by atoms with Crippen LogP contribution in [0.5, 0.6) is 0 Å². The second kappa shape index (κ2) is 6.33. The van der Waals surface area contributed by atoms with Crippen molar-refractivity contribution in [3.05, 3.63) is 23.3 Å². The molecule has 0 spiro atoms. The van der Waals surface area contributed by atoms with Crippen LogP contribution in [0.3, 0.4) is 0 Å². The van der Waals surface area contributed by atoms with Crippen molar-refractivity contribution in [1.82, 2.24) is 4.90 Å². The molecule has 4 atom stereocenters. The summed E-state index contributed by atoms with van der Waals surface area (Å²) in [7, 11) is 0. The summed E-state index contributed by atoms with van der Waals surface area (Å²) in [5, 5.41) is 10.9. The summed E-state index contributed by atoms with van der Waals surface area (Å²) in [4.78, 5) is 27.8. The molecule has 0 aromatic carbocycles. The summed E-state index contributed by atoms with van der Waals surface area (Å²) in [5.74, 6) is -5.76. The predicted octanol–water partition coefficient (Wildman–Crippen LogP) is 1.19. The highest BCUT2D eigenvalue weighted by Crippen LogP contribution is 2.34. The van der Waals surface area contributed by atoms with Crippen molar-refractivity contribution >= 4 is 11.9 Å². The average molecular weight is 343 g/mol. The minimum atomic E-state index is -3.36. The number of hydrogen-bond donors (Lipinski definition) is 1. The van der Waals surface area contributed by atoms with E-state index in [1.807, 2.05) is 4.90 Å². The van der Waals surface area contributed by atoms with E-state index < -0.39 is 67.3 Å². The van der Waals surface area contributed by atoms with Gasteiger partial charge in [0, 0.05) is 28.3 Å². The number of carbonyl (C=O) groups is 2. The first-order chi connectivity index (χ1) is 14.5. The van der Waals surface area contributed by atoms with Gasteiger partial charge in [0.25, 0.3) is 0 Å². The third-order valence-corrected chi connectivity index (χ3v) is 4.78. The zero-order valence-corrected chi connectivity index (χ0v) is 13.3. The molecule has 0 aliphatic carbocycles. The van der Waals surface area contributed by atoms with Crippen LogP contribution >= 0.6 is 0 Å². The third kappa shape index (κ3) is 2.89. The van der Waals surface area contributed by atoms with Gasteiger partial charge in [-0.15, -0.1) is 0 Å². The van der Waals surface area contributed by atoms with Crippen LogP contribution in [0, 0.1) is 5.89 Å². The number of esters is 2. The number of cyclic esters (lactones) is 1. The number of allylic oxidation sites excluding steroid dienone is 1. The molecular formula is C18H25NO5. The van der Waals surface area contributed by atoms with Gasteiger partial charge in [-0.2, -0.15) is 0 Å². The van der Waals surface area contributed by atoms with Crippen molar-refractivity contribution in [3.63, 3.8) is 0 Å². The molecule has 0 saturated carbocycles. The van der Waals surface area contributed by atoms with Crippen molar-refractivity contribution in [3.8, 4) is 0 Å². The van der Waals surface area contributed by atoms with Gasteiger partial charge in [0.1, 0.15) is 12.7 Å². The van der Waals surface area contributed by atoms with Crippen LogP contribution < -0.4 is 0 Å². The van der Waals surface area contributed by atoms with Crippen LogP contribution in [0.25, 0.3) is 0 Å². The number of aliphatic hydroxyl groups is 1. The van der Waals surface area contributed by atoms with Gasteiger partial charge in [-0.1, -0.05) is 19.0 Å². The van der Waals surface area contributed by atoms with Crippen molar-refractivity contribution in [2.75, 3.05) is 19.7 Å². The number of rotatable bonds is 0. The van der Waals surface area contributed by atoms with E-state index >= 15 is 0 Å². The Bertz CT molecular complexity index is 878. The summed E-state index contributed by atoms with van der Waals surface area (Å²) < 4.78 is 73.2. The number of carbonyl (C=O) groups excluding carboxylic acids is 2. The molecule has 0 radical (unpaired) electrons. The zero-order valence-electron chi connectivity index (χ0n) is 21.3. The van der Waals surface area contributed by atoms with Crippen molar-refractivity contribution in [2.24, 2.45) is 5.89 Å². The Hall–Kier alpha value is -1.66. The Morgan fingerprint density at radius 1 is 1.58 bits per heavy atom. The Labute approximate surface area is 153 Å². The van der Waals surface area contributed by atoms with Gasteiger partial charge in [-0.05, 0) is 38.1 Å². The quantitative estimate of drug-likeness (QED) is 0.405. The van der Waals surface area contributed by atoms with Crippen LogP contribution in [0.2, 0.25) is 0 Å². The van der Waals surface area contributed by atoms with Crippen LogP contribution in [0.15, 0.2) is 23.3 Å². The van der Waals surface area contributed by atoms with Crippen molar-refractivity contribution in [1.29, 1.82) is 0 Å².